The molecule has 0 spiro atoms. The van der Waals surface area contributed by atoms with Crippen LogP contribution in [0.2, 0.25) is 0 Å². The minimum atomic E-state index is -3.50. The highest BCUT2D eigenvalue weighted by Crippen LogP contribution is 2.21. The topological polar surface area (TPSA) is 81.2 Å². The second-order valence-corrected chi connectivity index (χ2v) is 7.31. The first-order valence-corrected chi connectivity index (χ1v) is 8.28. The molecule has 6 nitrogen and oxygen atoms in total. The van der Waals surface area contributed by atoms with Crippen LogP contribution in [0.25, 0.3) is 5.69 Å². The minimum Gasteiger partial charge on any atom is -0.326 e. The largest absolute Gasteiger partial charge is 0.326 e. The predicted molar refractivity (Wildman–Crippen MR) is 86.9 cm³/mol. The average molecular weight is 343 g/mol. The van der Waals surface area contributed by atoms with E-state index in [4.69, 9.17) is 5.73 Å². The van der Waals surface area contributed by atoms with E-state index in [1.807, 2.05) is 31.2 Å². The fourth-order valence-corrected chi connectivity index (χ4v) is 3.84. The number of nitrogens with two attached hydrogens (primary N) is 1. The fraction of sp³-hybridized carbons (Fsp3) is 0.357. The van der Waals surface area contributed by atoms with Gasteiger partial charge in [-0.15, -0.1) is 12.4 Å². The number of aryl methyl sites for hydroxylation is 1. The second kappa shape index (κ2) is 6.37. The molecule has 120 valence electrons. The molecule has 1 fully saturated rings. The lowest BCUT2D eigenvalue weighted by atomic mass is 10.2. The quantitative estimate of drug-likeness (QED) is 0.912. The van der Waals surface area contributed by atoms with E-state index >= 15 is 0 Å². The van der Waals surface area contributed by atoms with Crippen molar-refractivity contribution in [3.05, 3.63) is 42.2 Å². The van der Waals surface area contributed by atoms with E-state index in [2.05, 4.69) is 5.10 Å². The highest BCUT2D eigenvalue weighted by molar-refractivity contribution is 7.89. The molecule has 1 atom stereocenters. The molecule has 3 rings (SSSR count). The molecule has 0 amide bonds. The highest BCUT2D eigenvalue weighted by atomic mass is 35.5. The number of halogens is 1. The summed E-state index contributed by atoms with van der Waals surface area (Å²) in [6.07, 6.45) is 3.63. The Labute approximate surface area is 136 Å². The molecular weight excluding hydrogens is 324 g/mol. The first kappa shape index (κ1) is 17.0. The van der Waals surface area contributed by atoms with E-state index in [0.29, 0.717) is 19.5 Å². The zero-order valence-electron chi connectivity index (χ0n) is 12.2. The standard InChI is InChI=1S/C14H18N4O2S.ClH/c1-11-2-4-13(5-3-11)18-10-14(8-16-18)21(19,20)17-7-6-12(15)9-17;/h2-5,8,10,12H,6-7,9,15H2,1H3;1H/t12-;/m1./s1. The van der Waals surface area contributed by atoms with Crippen LogP contribution in [0.3, 0.4) is 0 Å². The van der Waals surface area contributed by atoms with Gasteiger partial charge >= 0.3 is 0 Å². The second-order valence-electron chi connectivity index (χ2n) is 5.37. The number of rotatable bonds is 3. The summed E-state index contributed by atoms with van der Waals surface area (Å²) in [7, 11) is -3.50. The molecule has 0 saturated carbocycles. The van der Waals surface area contributed by atoms with Crippen molar-refractivity contribution in [2.75, 3.05) is 13.1 Å². The lowest BCUT2D eigenvalue weighted by Gasteiger charge is -2.14. The molecule has 1 saturated heterocycles. The first-order valence-electron chi connectivity index (χ1n) is 6.84. The van der Waals surface area contributed by atoms with Gasteiger partial charge in [0.05, 0.1) is 18.1 Å². The first-order chi connectivity index (χ1) is 9.96. The van der Waals surface area contributed by atoms with Crippen molar-refractivity contribution in [2.45, 2.75) is 24.3 Å². The Bertz CT molecular complexity index is 742. The molecule has 2 heterocycles. The van der Waals surface area contributed by atoms with Crippen LogP contribution < -0.4 is 5.73 Å². The van der Waals surface area contributed by atoms with Gasteiger partial charge in [0.25, 0.3) is 0 Å². The van der Waals surface area contributed by atoms with E-state index in [1.165, 1.54) is 10.5 Å². The molecule has 0 unspecified atom stereocenters. The van der Waals surface area contributed by atoms with Gasteiger partial charge in [0.2, 0.25) is 10.0 Å². The van der Waals surface area contributed by atoms with Crippen LogP contribution >= 0.6 is 12.4 Å². The van der Waals surface area contributed by atoms with E-state index in [0.717, 1.165) is 11.3 Å². The summed E-state index contributed by atoms with van der Waals surface area (Å²) in [5.41, 5.74) is 7.76. The summed E-state index contributed by atoms with van der Waals surface area (Å²) in [6.45, 7) is 2.84. The number of nitrogens with zero attached hydrogens (tertiary/aromatic N) is 3. The van der Waals surface area contributed by atoms with Crippen molar-refractivity contribution >= 4 is 22.4 Å². The van der Waals surface area contributed by atoms with Gasteiger partial charge < -0.3 is 5.73 Å². The molecule has 8 heteroatoms. The Balaban J connectivity index is 0.00000176. The maximum Gasteiger partial charge on any atom is 0.246 e. The summed E-state index contributed by atoms with van der Waals surface area (Å²) in [4.78, 5) is 0.206. The Morgan fingerprint density at radius 2 is 1.95 bits per heavy atom. The van der Waals surface area contributed by atoms with Crippen LogP contribution in [0.15, 0.2) is 41.6 Å². The molecule has 2 N–H and O–H groups in total. The summed E-state index contributed by atoms with van der Waals surface area (Å²) in [5.74, 6) is 0. The van der Waals surface area contributed by atoms with Crippen LogP contribution in [0.5, 0.6) is 0 Å². The molecule has 1 aromatic carbocycles. The number of aromatic nitrogens is 2. The molecule has 22 heavy (non-hydrogen) atoms. The Morgan fingerprint density at radius 3 is 2.55 bits per heavy atom. The summed E-state index contributed by atoms with van der Waals surface area (Å²) in [6, 6.07) is 7.66. The molecule has 0 bridgehead atoms. The van der Waals surface area contributed by atoms with Crippen LogP contribution in [0, 0.1) is 6.92 Å². The number of hydrogen-bond acceptors (Lipinski definition) is 4. The lowest BCUT2D eigenvalue weighted by Crippen LogP contribution is -2.31. The summed E-state index contributed by atoms with van der Waals surface area (Å²) < 4.78 is 28.0. The average Bonchev–Trinajstić information content (AvgIpc) is 3.09. The number of sulfonamides is 1. The van der Waals surface area contributed by atoms with Gasteiger partial charge in [0.1, 0.15) is 4.90 Å². The fourth-order valence-electron chi connectivity index (χ4n) is 2.40. The Morgan fingerprint density at radius 1 is 1.27 bits per heavy atom. The number of hydrogen-bond donors (Lipinski definition) is 1. The molecule has 1 aromatic heterocycles. The van der Waals surface area contributed by atoms with Crippen molar-refractivity contribution in [3.8, 4) is 5.69 Å². The zero-order chi connectivity index (χ0) is 15.0. The predicted octanol–water partition coefficient (Wildman–Crippen LogP) is 1.32. The molecule has 0 radical (unpaired) electrons. The molecule has 2 aromatic rings. The van der Waals surface area contributed by atoms with Gasteiger partial charge in [-0.1, -0.05) is 17.7 Å². The lowest BCUT2D eigenvalue weighted by molar-refractivity contribution is 0.472. The van der Waals surface area contributed by atoms with Crippen molar-refractivity contribution in [1.82, 2.24) is 14.1 Å². The van der Waals surface area contributed by atoms with Crippen molar-refractivity contribution in [2.24, 2.45) is 5.73 Å². The van der Waals surface area contributed by atoms with E-state index < -0.39 is 10.0 Å². The van der Waals surface area contributed by atoms with Gasteiger partial charge in [0, 0.05) is 19.1 Å². The maximum absolute atomic E-state index is 12.5. The van der Waals surface area contributed by atoms with Crippen molar-refractivity contribution < 1.29 is 8.42 Å². The third-order valence-corrected chi connectivity index (χ3v) is 5.50. The van der Waals surface area contributed by atoms with Crippen LogP contribution in [-0.2, 0) is 10.0 Å². The van der Waals surface area contributed by atoms with Crippen LogP contribution in [-0.4, -0.2) is 41.6 Å². The SMILES string of the molecule is Cc1ccc(-n2cc(S(=O)(=O)N3CC[C@@H](N)C3)cn2)cc1.Cl. The normalized spacial score (nSPS) is 19.1. The minimum absolute atomic E-state index is 0. The van der Waals surface area contributed by atoms with Crippen LogP contribution in [0.4, 0.5) is 0 Å². The van der Waals surface area contributed by atoms with E-state index in [-0.39, 0.29) is 23.3 Å². The molecule has 0 aliphatic carbocycles. The van der Waals surface area contributed by atoms with E-state index in [1.54, 1.807) is 10.9 Å². The van der Waals surface area contributed by atoms with Gasteiger partial charge in [-0.05, 0) is 25.5 Å². The van der Waals surface area contributed by atoms with Gasteiger partial charge in [-0.3, -0.25) is 0 Å². The highest BCUT2D eigenvalue weighted by Gasteiger charge is 2.31. The van der Waals surface area contributed by atoms with Crippen molar-refractivity contribution in [3.63, 3.8) is 0 Å². The van der Waals surface area contributed by atoms with Gasteiger partial charge in [-0.2, -0.15) is 9.40 Å². The smallest absolute Gasteiger partial charge is 0.246 e. The third kappa shape index (κ3) is 3.17. The Kier molecular flexibility index (Phi) is 4.91. The molecular formula is C14H19ClN4O2S. The molecule has 1 aliphatic rings. The van der Waals surface area contributed by atoms with Crippen molar-refractivity contribution in [1.29, 1.82) is 0 Å². The zero-order valence-corrected chi connectivity index (χ0v) is 13.8. The summed E-state index contributed by atoms with van der Waals surface area (Å²) >= 11 is 0. The summed E-state index contributed by atoms with van der Waals surface area (Å²) in [5, 5.41) is 4.15. The number of benzene rings is 1. The van der Waals surface area contributed by atoms with Gasteiger partial charge in [-0.25, -0.2) is 13.1 Å². The van der Waals surface area contributed by atoms with Crippen LogP contribution in [0.1, 0.15) is 12.0 Å². The monoisotopic (exact) mass is 342 g/mol. The van der Waals surface area contributed by atoms with Gasteiger partial charge in [0.15, 0.2) is 0 Å². The third-order valence-electron chi connectivity index (χ3n) is 3.68. The maximum atomic E-state index is 12.5. The van der Waals surface area contributed by atoms with E-state index in [9.17, 15) is 8.42 Å². The molecule has 1 aliphatic heterocycles. The Hall–Kier alpha value is -1.41.